The van der Waals surface area contributed by atoms with Crippen LogP contribution in [0.25, 0.3) is 0 Å². The van der Waals surface area contributed by atoms with E-state index in [1.165, 1.54) is 0 Å². The minimum Gasteiger partial charge on any atom is -0.368 e. The third kappa shape index (κ3) is 3.21. The van der Waals surface area contributed by atoms with Crippen LogP contribution in [0.15, 0.2) is 33.6 Å². The largest absolute Gasteiger partial charge is 0.368 e. The number of aromatic nitrogens is 1. The van der Waals surface area contributed by atoms with E-state index in [2.05, 4.69) is 50.4 Å². The molecule has 5 heteroatoms. The van der Waals surface area contributed by atoms with E-state index in [4.69, 9.17) is 11.6 Å². The molecule has 0 N–H and O–H groups in total. The van der Waals surface area contributed by atoms with Crippen molar-refractivity contribution in [1.29, 1.82) is 0 Å². The molecule has 0 aliphatic carbocycles. The molecule has 0 unspecified atom stereocenters. The molecular weight excluding hydrogens is 320 g/mol. The van der Waals surface area contributed by atoms with Gasteiger partial charge in [0.2, 0.25) is 0 Å². The Labute approximate surface area is 118 Å². The summed E-state index contributed by atoms with van der Waals surface area (Å²) in [6.07, 6.45) is 0. The van der Waals surface area contributed by atoms with Gasteiger partial charge in [-0.3, -0.25) is 0 Å². The van der Waals surface area contributed by atoms with Gasteiger partial charge in [-0.25, -0.2) is 4.98 Å². The maximum atomic E-state index is 5.80. The smallest absolute Gasteiger partial charge is 0.0795 e. The molecule has 1 aromatic heterocycles. The van der Waals surface area contributed by atoms with Crippen molar-refractivity contribution < 1.29 is 0 Å². The van der Waals surface area contributed by atoms with Gasteiger partial charge in [-0.15, -0.1) is 22.9 Å². The summed E-state index contributed by atoms with van der Waals surface area (Å²) in [6.45, 7) is 0.808. The fourth-order valence-electron chi connectivity index (χ4n) is 1.59. The van der Waals surface area contributed by atoms with Gasteiger partial charge in [0, 0.05) is 22.8 Å². The average Bonchev–Trinajstić information content (AvgIpc) is 2.81. The minimum absolute atomic E-state index is 0.536. The summed E-state index contributed by atoms with van der Waals surface area (Å²) in [5, 5.41) is 2.07. The van der Waals surface area contributed by atoms with E-state index in [1.807, 2.05) is 11.6 Å². The second-order valence-corrected chi connectivity index (χ2v) is 5.60. The molecule has 0 aliphatic heterocycles. The van der Waals surface area contributed by atoms with Crippen LogP contribution >= 0.6 is 38.9 Å². The Hall–Kier alpha value is -0.580. The van der Waals surface area contributed by atoms with Gasteiger partial charge in [-0.1, -0.05) is 6.07 Å². The van der Waals surface area contributed by atoms with Crippen molar-refractivity contribution in [3.05, 3.63) is 44.8 Å². The van der Waals surface area contributed by atoms with Crippen LogP contribution in [-0.4, -0.2) is 12.0 Å². The molecule has 17 heavy (non-hydrogen) atoms. The number of benzene rings is 1. The molecule has 0 atom stereocenters. The normalized spacial score (nSPS) is 10.5. The Bertz CT molecular complexity index is 487. The zero-order valence-electron chi connectivity index (χ0n) is 9.36. The van der Waals surface area contributed by atoms with Crippen molar-refractivity contribution in [2.24, 2.45) is 0 Å². The van der Waals surface area contributed by atoms with Crippen LogP contribution in [0.2, 0.25) is 0 Å². The first-order valence-electron chi connectivity index (χ1n) is 5.13. The number of hydrogen-bond donors (Lipinski definition) is 0. The SMILES string of the molecule is CN(Cc1cscn1)c1ccc(CCl)cc1Br. The molecule has 1 heterocycles. The Morgan fingerprint density at radius 1 is 1.47 bits per heavy atom. The number of halogens is 2. The highest BCUT2D eigenvalue weighted by Crippen LogP contribution is 2.28. The van der Waals surface area contributed by atoms with Crippen molar-refractivity contribution in [3.63, 3.8) is 0 Å². The zero-order chi connectivity index (χ0) is 12.3. The highest BCUT2D eigenvalue weighted by Gasteiger charge is 2.08. The van der Waals surface area contributed by atoms with Gasteiger partial charge in [0.05, 0.1) is 23.4 Å². The van der Waals surface area contributed by atoms with Crippen LogP contribution in [0, 0.1) is 0 Å². The Balaban J connectivity index is 2.16. The lowest BCUT2D eigenvalue weighted by Gasteiger charge is -2.20. The lowest BCUT2D eigenvalue weighted by Crippen LogP contribution is -2.17. The number of hydrogen-bond acceptors (Lipinski definition) is 3. The maximum Gasteiger partial charge on any atom is 0.0795 e. The van der Waals surface area contributed by atoms with E-state index >= 15 is 0 Å². The van der Waals surface area contributed by atoms with E-state index in [9.17, 15) is 0 Å². The molecule has 0 bridgehead atoms. The summed E-state index contributed by atoms with van der Waals surface area (Å²) >= 11 is 11.0. The number of rotatable bonds is 4. The molecule has 0 aliphatic rings. The van der Waals surface area contributed by atoms with Crippen LogP contribution in [0.3, 0.4) is 0 Å². The van der Waals surface area contributed by atoms with Gasteiger partial charge in [0.25, 0.3) is 0 Å². The van der Waals surface area contributed by atoms with Crippen molar-refractivity contribution in [2.45, 2.75) is 12.4 Å². The molecule has 2 nitrogen and oxygen atoms in total. The molecule has 0 fully saturated rings. The molecule has 0 amide bonds. The summed E-state index contributed by atoms with van der Waals surface area (Å²) < 4.78 is 1.06. The molecule has 90 valence electrons. The van der Waals surface area contributed by atoms with Crippen LogP contribution < -0.4 is 4.90 Å². The van der Waals surface area contributed by atoms with E-state index in [0.29, 0.717) is 5.88 Å². The maximum absolute atomic E-state index is 5.80. The van der Waals surface area contributed by atoms with Crippen LogP contribution in [0.1, 0.15) is 11.3 Å². The first-order valence-corrected chi connectivity index (χ1v) is 7.40. The summed E-state index contributed by atoms with van der Waals surface area (Å²) in [5.41, 5.74) is 5.21. The lowest BCUT2D eigenvalue weighted by atomic mass is 10.2. The number of alkyl halides is 1. The van der Waals surface area contributed by atoms with Crippen molar-refractivity contribution >= 4 is 44.6 Å². The van der Waals surface area contributed by atoms with E-state index in [-0.39, 0.29) is 0 Å². The summed E-state index contributed by atoms with van der Waals surface area (Å²) in [7, 11) is 2.06. The highest BCUT2D eigenvalue weighted by atomic mass is 79.9. The zero-order valence-corrected chi connectivity index (χ0v) is 12.5. The standard InChI is InChI=1S/C12H12BrClN2S/c1-16(6-10-7-17-8-15-10)12-3-2-9(5-14)4-11(12)13/h2-4,7-8H,5-6H2,1H3. The fraction of sp³-hybridized carbons (Fsp3) is 0.250. The van der Waals surface area contributed by atoms with Gasteiger partial charge >= 0.3 is 0 Å². The Kier molecular flexibility index (Phi) is 4.42. The van der Waals surface area contributed by atoms with Crippen LogP contribution in [-0.2, 0) is 12.4 Å². The third-order valence-corrected chi connectivity index (χ3v) is 4.04. The first kappa shape index (κ1) is 12.9. The monoisotopic (exact) mass is 330 g/mol. The van der Waals surface area contributed by atoms with Gasteiger partial charge < -0.3 is 4.90 Å². The number of nitrogens with zero attached hydrogens (tertiary/aromatic N) is 2. The fourth-order valence-corrected chi connectivity index (χ4v) is 3.03. The van der Waals surface area contributed by atoms with Crippen LogP contribution in [0.4, 0.5) is 5.69 Å². The average molecular weight is 332 g/mol. The predicted octanol–water partition coefficient (Wildman–Crippen LogP) is 4.28. The van der Waals surface area contributed by atoms with Crippen LogP contribution in [0.5, 0.6) is 0 Å². The number of anilines is 1. The van der Waals surface area contributed by atoms with Gasteiger partial charge in [-0.05, 0) is 33.6 Å². The van der Waals surface area contributed by atoms with Crippen molar-refractivity contribution in [2.75, 3.05) is 11.9 Å². The molecule has 0 saturated heterocycles. The number of thiazole rings is 1. The summed E-state index contributed by atoms with van der Waals surface area (Å²) in [4.78, 5) is 6.45. The van der Waals surface area contributed by atoms with Gasteiger partial charge in [-0.2, -0.15) is 0 Å². The van der Waals surface area contributed by atoms with E-state index in [0.717, 1.165) is 28.0 Å². The van der Waals surface area contributed by atoms with Gasteiger partial charge in [0.1, 0.15) is 0 Å². The molecule has 1 aromatic carbocycles. The Morgan fingerprint density at radius 3 is 2.88 bits per heavy atom. The highest BCUT2D eigenvalue weighted by molar-refractivity contribution is 9.10. The van der Waals surface area contributed by atoms with Gasteiger partial charge in [0.15, 0.2) is 0 Å². The lowest BCUT2D eigenvalue weighted by molar-refractivity contribution is 0.892. The molecule has 2 rings (SSSR count). The quantitative estimate of drug-likeness (QED) is 0.777. The minimum atomic E-state index is 0.536. The molecule has 0 spiro atoms. The topological polar surface area (TPSA) is 16.1 Å². The molecule has 0 radical (unpaired) electrons. The Morgan fingerprint density at radius 2 is 2.29 bits per heavy atom. The summed E-state index contributed by atoms with van der Waals surface area (Å²) in [6, 6.07) is 6.18. The van der Waals surface area contributed by atoms with E-state index < -0.39 is 0 Å². The first-order chi connectivity index (χ1) is 8.20. The predicted molar refractivity (Wildman–Crippen MR) is 77.9 cm³/mol. The second-order valence-electron chi connectivity index (χ2n) is 3.76. The van der Waals surface area contributed by atoms with Crippen molar-refractivity contribution in [3.8, 4) is 0 Å². The molecular formula is C12H12BrClN2S. The molecule has 2 aromatic rings. The second kappa shape index (κ2) is 5.85. The molecule has 0 saturated carbocycles. The van der Waals surface area contributed by atoms with E-state index in [1.54, 1.807) is 11.3 Å². The van der Waals surface area contributed by atoms with Crippen molar-refractivity contribution in [1.82, 2.24) is 4.98 Å². The summed E-state index contributed by atoms with van der Waals surface area (Å²) in [5.74, 6) is 0.536. The third-order valence-electron chi connectivity index (χ3n) is 2.46.